The van der Waals surface area contributed by atoms with Crippen LogP contribution >= 0.6 is 0 Å². The van der Waals surface area contributed by atoms with Crippen LogP contribution < -0.4 is 5.32 Å². The molecule has 0 aromatic carbocycles. The topological polar surface area (TPSA) is 34.4 Å². The summed E-state index contributed by atoms with van der Waals surface area (Å²) in [6.45, 7) is 2.62. The fraction of sp³-hybridized carbons (Fsp3) is 0.636. The molecule has 1 unspecified atom stereocenters. The lowest BCUT2D eigenvalue weighted by molar-refractivity contribution is 0.0144. The Morgan fingerprint density at radius 3 is 2.88 bits per heavy atom. The van der Waals surface area contributed by atoms with Gasteiger partial charge < -0.3 is 14.5 Å². The van der Waals surface area contributed by atoms with Crippen molar-refractivity contribution in [3.63, 3.8) is 0 Å². The number of rotatable bonds is 8. The van der Waals surface area contributed by atoms with Crippen LogP contribution in [0.25, 0.3) is 0 Å². The van der Waals surface area contributed by atoms with Gasteiger partial charge >= 0.3 is 0 Å². The zero-order chi connectivity index (χ0) is 11.8. The summed E-state index contributed by atoms with van der Waals surface area (Å²) in [6, 6.07) is 1.96. The van der Waals surface area contributed by atoms with E-state index in [0.717, 1.165) is 12.1 Å². The SMILES string of the molecule is CCNC(CCOCC(F)F)c1ccoc1. The molecule has 0 aliphatic carbocycles. The highest BCUT2D eigenvalue weighted by Crippen LogP contribution is 2.17. The molecule has 0 aliphatic rings. The molecule has 0 fully saturated rings. The number of halogens is 2. The molecule has 0 saturated carbocycles. The predicted molar refractivity (Wildman–Crippen MR) is 56.6 cm³/mol. The van der Waals surface area contributed by atoms with E-state index in [1.54, 1.807) is 12.5 Å². The standard InChI is InChI=1S/C11H17F2NO2/c1-2-14-10(9-3-5-15-7-9)4-6-16-8-11(12)13/h3,5,7,10-11,14H,2,4,6,8H2,1H3. The second kappa shape index (κ2) is 7.35. The number of ether oxygens (including phenoxy) is 1. The van der Waals surface area contributed by atoms with Gasteiger partial charge in [0.25, 0.3) is 6.43 Å². The average Bonchev–Trinajstić information content (AvgIpc) is 2.75. The molecule has 0 saturated heterocycles. The third-order valence-corrected chi connectivity index (χ3v) is 2.19. The van der Waals surface area contributed by atoms with E-state index in [9.17, 15) is 8.78 Å². The van der Waals surface area contributed by atoms with E-state index in [0.29, 0.717) is 13.0 Å². The Morgan fingerprint density at radius 1 is 1.50 bits per heavy atom. The first kappa shape index (κ1) is 13.1. The van der Waals surface area contributed by atoms with Gasteiger partial charge in [0.15, 0.2) is 0 Å². The first-order valence-corrected chi connectivity index (χ1v) is 5.35. The first-order chi connectivity index (χ1) is 7.74. The zero-order valence-electron chi connectivity index (χ0n) is 9.29. The van der Waals surface area contributed by atoms with E-state index in [1.807, 2.05) is 13.0 Å². The van der Waals surface area contributed by atoms with Gasteiger partial charge in [-0.15, -0.1) is 0 Å². The summed E-state index contributed by atoms with van der Waals surface area (Å²) in [5.41, 5.74) is 1.02. The molecule has 5 heteroatoms. The van der Waals surface area contributed by atoms with Crippen molar-refractivity contribution < 1.29 is 17.9 Å². The van der Waals surface area contributed by atoms with Crippen LogP contribution in [-0.2, 0) is 4.74 Å². The fourth-order valence-electron chi connectivity index (χ4n) is 1.48. The summed E-state index contributed by atoms with van der Waals surface area (Å²) in [5, 5.41) is 3.25. The molecule has 1 heterocycles. The number of hydrogen-bond acceptors (Lipinski definition) is 3. The van der Waals surface area contributed by atoms with Crippen molar-refractivity contribution in [1.82, 2.24) is 5.32 Å². The van der Waals surface area contributed by atoms with Gasteiger partial charge in [0.2, 0.25) is 0 Å². The Balaban J connectivity index is 2.29. The van der Waals surface area contributed by atoms with Crippen LogP contribution in [-0.4, -0.2) is 26.2 Å². The molecule has 0 radical (unpaired) electrons. The quantitative estimate of drug-likeness (QED) is 0.701. The largest absolute Gasteiger partial charge is 0.472 e. The van der Waals surface area contributed by atoms with Gasteiger partial charge in [0.05, 0.1) is 12.5 Å². The fourth-order valence-corrected chi connectivity index (χ4v) is 1.48. The Bertz CT molecular complexity index is 265. The van der Waals surface area contributed by atoms with Crippen molar-refractivity contribution in [2.24, 2.45) is 0 Å². The van der Waals surface area contributed by atoms with Gasteiger partial charge in [-0.05, 0) is 19.0 Å². The Morgan fingerprint density at radius 2 is 2.31 bits per heavy atom. The minimum atomic E-state index is -2.40. The molecule has 1 aromatic heterocycles. The summed E-state index contributed by atoms with van der Waals surface area (Å²) in [7, 11) is 0. The second-order valence-electron chi connectivity index (χ2n) is 3.42. The van der Waals surface area contributed by atoms with Crippen LogP contribution in [0.4, 0.5) is 8.78 Å². The van der Waals surface area contributed by atoms with Crippen LogP contribution in [0.3, 0.4) is 0 Å². The Labute approximate surface area is 93.8 Å². The minimum Gasteiger partial charge on any atom is -0.472 e. The van der Waals surface area contributed by atoms with Gasteiger partial charge in [-0.2, -0.15) is 0 Å². The van der Waals surface area contributed by atoms with Gasteiger partial charge in [-0.1, -0.05) is 6.92 Å². The molecule has 0 bridgehead atoms. The van der Waals surface area contributed by atoms with E-state index in [1.165, 1.54) is 0 Å². The van der Waals surface area contributed by atoms with Crippen molar-refractivity contribution in [3.05, 3.63) is 24.2 Å². The molecule has 0 spiro atoms. The van der Waals surface area contributed by atoms with Gasteiger partial charge in [-0.25, -0.2) is 8.78 Å². The Kier molecular flexibility index (Phi) is 6.03. The molecule has 1 rings (SSSR count). The molecule has 3 nitrogen and oxygen atoms in total. The maximum atomic E-state index is 11.8. The maximum absolute atomic E-state index is 11.8. The predicted octanol–water partition coefficient (Wildman–Crippen LogP) is 2.60. The number of hydrogen-bond donors (Lipinski definition) is 1. The molecule has 92 valence electrons. The van der Waals surface area contributed by atoms with Crippen molar-refractivity contribution in [1.29, 1.82) is 0 Å². The highest BCUT2D eigenvalue weighted by molar-refractivity contribution is 5.11. The van der Waals surface area contributed by atoms with E-state index in [2.05, 4.69) is 5.32 Å². The van der Waals surface area contributed by atoms with Crippen molar-refractivity contribution in [3.8, 4) is 0 Å². The molecule has 16 heavy (non-hydrogen) atoms. The minimum absolute atomic E-state index is 0.0985. The monoisotopic (exact) mass is 233 g/mol. The Hall–Kier alpha value is -0.940. The van der Waals surface area contributed by atoms with E-state index in [-0.39, 0.29) is 6.04 Å². The summed E-state index contributed by atoms with van der Waals surface area (Å²) < 4.78 is 33.5. The zero-order valence-corrected chi connectivity index (χ0v) is 9.29. The summed E-state index contributed by atoms with van der Waals surface area (Å²) in [4.78, 5) is 0. The van der Waals surface area contributed by atoms with Gasteiger partial charge in [-0.3, -0.25) is 0 Å². The van der Waals surface area contributed by atoms with Crippen LogP contribution in [0.1, 0.15) is 24.9 Å². The number of nitrogens with one attached hydrogen (secondary N) is 1. The number of alkyl halides is 2. The van der Waals surface area contributed by atoms with Crippen molar-refractivity contribution in [2.45, 2.75) is 25.8 Å². The molecule has 1 aromatic rings. The smallest absolute Gasteiger partial charge is 0.261 e. The average molecular weight is 233 g/mol. The van der Waals surface area contributed by atoms with Crippen LogP contribution in [0.2, 0.25) is 0 Å². The normalized spacial score (nSPS) is 13.2. The summed E-state index contributed by atoms with van der Waals surface area (Å²) in [6.07, 6.45) is 1.51. The number of furan rings is 1. The second-order valence-corrected chi connectivity index (χ2v) is 3.42. The van der Waals surface area contributed by atoms with Gasteiger partial charge in [0.1, 0.15) is 6.61 Å². The molecule has 1 atom stereocenters. The molecule has 0 aliphatic heterocycles. The highest BCUT2D eigenvalue weighted by atomic mass is 19.3. The van der Waals surface area contributed by atoms with Crippen LogP contribution in [0.5, 0.6) is 0 Å². The summed E-state index contributed by atoms with van der Waals surface area (Å²) in [5.74, 6) is 0. The molecule has 0 amide bonds. The maximum Gasteiger partial charge on any atom is 0.261 e. The first-order valence-electron chi connectivity index (χ1n) is 5.35. The lowest BCUT2D eigenvalue weighted by Crippen LogP contribution is -2.22. The molecule has 1 N–H and O–H groups in total. The van der Waals surface area contributed by atoms with Crippen molar-refractivity contribution in [2.75, 3.05) is 19.8 Å². The lowest BCUT2D eigenvalue weighted by atomic mass is 10.1. The summed E-state index contributed by atoms with van der Waals surface area (Å²) >= 11 is 0. The van der Waals surface area contributed by atoms with E-state index >= 15 is 0 Å². The van der Waals surface area contributed by atoms with Crippen LogP contribution in [0.15, 0.2) is 23.0 Å². The van der Waals surface area contributed by atoms with E-state index < -0.39 is 13.0 Å². The van der Waals surface area contributed by atoms with E-state index in [4.69, 9.17) is 9.15 Å². The highest BCUT2D eigenvalue weighted by Gasteiger charge is 2.11. The third-order valence-electron chi connectivity index (χ3n) is 2.19. The van der Waals surface area contributed by atoms with Gasteiger partial charge in [0, 0.05) is 18.2 Å². The lowest BCUT2D eigenvalue weighted by Gasteiger charge is -2.16. The van der Waals surface area contributed by atoms with Crippen molar-refractivity contribution >= 4 is 0 Å². The third kappa shape index (κ3) is 4.72. The molecular formula is C11H17F2NO2. The molecular weight excluding hydrogens is 216 g/mol. The van der Waals surface area contributed by atoms with Crippen LogP contribution in [0, 0.1) is 0 Å².